The Kier molecular flexibility index (Phi) is 37.6. The number of carboxylic acids is 1. The number of carbonyl (C=O) groups is 2. The van der Waals surface area contributed by atoms with E-state index >= 15 is 0 Å². The monoisotopic (exact) mass is 774 g/mol. The zero-order chi connectivity index (χ0) is 39.1. The van der Waals surface area contributed by atoms with Crippen LogP contribution in [0.15, 0.2) is 24.3 Å². The molecule has 0 radical (unpaired) electrons. The van der Waals surface area contributed by atoms with Crippen molar-refractivity contribution in [2.24, 2.45) is 5.73 Å². The fourth-order valence-corrected chi connectivity index (χ4v) is 6.61. The van der Waals surface area contributed by atoms with E-state index in [4.69, 9.17) is 29.4 Å². The molecule has 0 aromatic heterocycles. The second kappa shape index (κ2) is 38.7. The average molecular weight is 774 g/mol. The lowest BCUT2D eigenvalue weighted by atomic mass is 10.1. The number of carboxylic acid groups (broad SMARTS) is 1. The molecule has 0 aromatic rings. The molecule has 53 heavy (non-hydrogen) atoms. The summed E-state index contributed by atoms with van der Waals surface area (Å²) < 4.78 is 33.3. The van der Waals surface area contributed by atoms with Crippen molar-refractivity contribution in [3.8, 4) is 0 Å². The summed E-state index contributed by atoms with van der Waals surface area (Å²) in [6.07, 6.45) is 40.8. The quantitative estimate of drug-likeness (QED) is 0.0237. The fraction of sp³-hybridized carbons (Fsp3) is 0.857. The van der Waals surface area contributed by atoms with E-state index in [2.05, 4.69) is 38.2 Å². The molecule has 0 fully saturated rings. The zero-order valence-corrected chi connectivity index (χ0v) is 34.8. The summed E-state index contributed by atoms with van der Waals surface area (Å²) in [5.74, 6) is -1.78. The molecule has 312 valence electrons. The summed E-state index contributed by atoms with van der Waals surface area (Å²) >= 11 is 0. The van der Waals surface area contributed by atoms with Crippen LogP contribution in [0.1, 0.15) is 194 Å². The number of unbranched alkanes of at least 4 members (excludes halogenated alkanes) is 23. The molecule has 0 aromatic carbocycles. The summed E-state index contributed by atoms with van der Waals surface area (Å²) in [7, 11) is -4.61. The number of phosphoric acid groups is 1. The molecule has 0 saturated carbocycles. The van der Waals surface area contributed by atoms with E-state index in [1.54, 1.807) is 0 Å². The van der Waals surface area contributed by atoms with Crippen molar-refractivity contribution >= 4 is 19.8 Å². The van der Waals surface area contributed by atoms with E-state index in [0.717, 1.165) is 51.4 Å². The van der Waals surface area contributed by atoms with Gasteiger partial charge in [0.05, 0.1) is 19.8 Å². The molecular formula is C42H80NO9P. The number of hydrogen-bond acceptors (Lipinski definition) is 8. The fourth-order valence-electron chi connectivity index (χ4n) is 5.83. The minimum atomic E-state index is -4.61. The molecule has 0 aliphatic carbocycles. The molecule has 0 spiro atoms. The highest BCUT2D eigenvalue weighted by Crippen LogP contribution is 2.43. The highest BCUT2D eigenvalue weighted by atomic mass is 31.2. The molecule has 3 atom stereocenters. The Balaban J connectivity index is 4.24. The van der Waals surface area contributed by atoms with Crippen LogP contribution < -0.4 is 5.73 Å². The van der Waals surface area contributed by atoms with E-state index < -0.39 is 45.1 Å². The molecule has 0 saturated heterocycles. The third-order valence-electron chi connectivity index (χ3n) is 9.20. The summed E-state index contributed by atoms with van der Waals surface area (Å²) in [4.78, 5) is 33.5. The van der Waals surface area contributed by atoms with Gasteiger partial charge in [-0.05, 0) is 64.2 Å². The Labute approximate surface area is 324 Å². The van der Waals surface area contributed by atoms with Crippen LogP contribution in [0.25, 0.3) is 0 Å². The summed E-state index contributed by atoms with van der Waals surface area (Å²) in [5.41, 5.74) is 5.35. The first kappa shape index (κ1) is 51.5. The molecule has 0 heterocycles. The van der Waals surface area contributed by atoms with Gasteiger partial charge in [0.2, 0.25) is 0 Å². The first-order chi connectivity index (χ1) is 25.7. The minimum absolute atomic E-state index is 0.0132. The number of hydrogen-bond donors (Lipinski definition) is 3. The van der Waals surface area contributed by atoms with E-state index in [1.807, 2.05) is 0 Å². The lowest BCUT2D eigenvalue weighted by Gasteiger charge is -2.20. The van der Waals surface area contributed by atoms with Crippen molar-refractivity contribution in [3.63, 3.8) is 0 Å². The van der Waals surface area contributed by atoms with Crippen LogP contribution in [0.5, 0.6) is 0 Å². The van der Waals surface area contributed by atoms with Crippen molar-refractivity contribution in [2.75, 3.05) is 26.4 Å². The number of ether oxygens (including phenoxy) is 2. The Morgan fingerprint density at radius 1 is 0.585 bits per heavy atom. The largest absolute Gasteiger partial charge is 0.480 e. The molecular weight excluding hydrogens is 693 g/mol. The van der Waals surface area contributed by atoms with Gasteiger partial charge in [0.1, 0.15) is 12.1 Å². The van der Waals surface area contributed by atoms with Gasteiger partial charge in [0, 0.05) is 13.0 Å². The van der Waals surface area contributed by atoms with Crippen molar-refractivity contribution in [1.29, 1.82) is 0 Å². The van der Waals surface area contributed by atoms with Crippen molar-refractivity contribution in [2.45, 2.75) is 206 Å². The van der Waals surface area contributed by atoms with Crippen molar-refractivity contribution in [1.82, 2.24) is 0 Å². The normalized spacial score (nSPS) is 14.2. The van der Waals surface area contributed by atoms with E-state index in [-0.39, 0.29) is 13.0 Å². The van der Waals surface area contributed by atoms with E-state index in [0.29, 0.717) is 13.0 Å². The van der Waals surface area contributed by atoms with Crippen LogP contribution in [0.2, 0.25) is 0 Å². The van der Waals surface area contributed by atoms with E-state index in [1.165, 1.54) is 116 Å². The van der Waals surface area contributed by atoms with Gasteiger partial charge in [-0.2, -0.15) is 0 Å². The van der Waals surface area contributed by atoms with Gasteiger partial charge in [0.15, 0.2) is 0 Å². The predicted octanol–water partition coefficient (Wildman–Crippen LogP) is 11.5. The highest BCUT2D eigenvalue weighted by Gasteiger charge is 2.27. The van der Waals surface area contributed by atoms with Crippen LogP contribution in [-0.4, -0.2) is 60.5 Å². The molecule has 0 rings (SSSR count). The second-order valence-electron chi connectivity index (χ2n) is 14.5. The van der Waals surface area contributed by atoms with Gasteiger partial charge in [-0.3, -0.25) is 18.6 Å². The molecule has 10 nitrogen and oxygen atoms in total. The second-order valence-corrected chi connectivity index (χ2v) is 15.9. The van der Waals surface area contributed by atoms with Crippen LogP contribution in [0, 0.1) is 0 Å². The molecule has 0 aliphatic rings. The van der Waals surface area contributed by atoms with Gasteiger partial charge in [0.25, 0.3) is 0 Å². The van der Waals surface area contributed by atoms with Gasteiger partial charge in [-0.1, -0.05) is 147 Å². The SMILES string of the molecule is CCCCC/C=C\CCCCCCCCOCC(COP(=O)(O)OCC(N)C(=O)O)OC(=O)CCCCCCCCC/C=C\CCCCCCCCC. The summed E-state index contributed by atoms with van der Waals surface area (Å²) in [6.45, 7) is 3.85. The number of allylic oxidation sites excluding steroid dienone is 4. The molecule has 3 unspecified atom stereocenters. The molecule has 0 aliphatic heterocycles. The molecule has 4 N–H and O–H groups in total. The Hall–Kier alpha value is -1.55. The number of aliphatic carboxylic acids is 1. The number of nitrogens with two attached hydrogens (primary N) is 1. The van der Waals surface area contributed by atoms with Gasteiger partial charge in [-0.15, -0.1) is 0 Å². The van der Waals surface area contributed by atoms with Crippen LogP contribution in [-0.2, 0) is 32.7 Å². The van der Waals surface area contributed by atoms with Crippen LogP contribution >= 0.6 is 7.82 Å². The van der Waals surface area contributed by atoms with Gasteiger partial charge >= 0.3 is 19.8 Å². The maximum atomic E-state index is 12.6. The average Bonchev–Trinajstić information content (AvgIpc) is 3.13. The summed E-state index contributed by atoms with van der Waals surface area (Å²) in [5, 5.41) is 8.88. The zero-order valence-electron chi connectivity index (χ0n) is 33.9. The number of carbonyl (C=O) groups excluding carboxylic acids is 1. The predicted molar refractivity (Wildman–Crippen MR) is 217 cm³/mol. The van der Waals surface area contributed by atoms with Gasteiger partial charge in [-0.25, -0.2) is 4.57 Å². The first-order valence-corrected chi connectivity index (χ1v) is 22.9. The topological polar surface area (TPSA) is 155 Å². The Morgan fingerprint density at radius 3 is 1.47 bits per heavy atom. The molecule has 0 amide bonds. The number of esters is 1. The van der Waals surface area contributed by atoms with Crippen molar-refractivity contribution in [3.05, 3.63) is 24.3 Å². The molecule has 0 bridgehead atoms. The lowest BCUT2D eigenvalue weighted by molar-refractivity contribution is -0.154. The van der Waals surface area contributed by atoms with E-state index in [9.17, 15) is 19.0 Å². The van der Waals surface area contributed by atoms with Crippen molar-refractivity contribution < 1.29 is 42.7 Å². The van der Waals surface area contributed by atoms with Gasteiger partial charge < -0.3 is 25.2 Å². The standard InChI is InChI=1S/C42H80NO9P/c1-3-5-7-9-11-13-15-17-18-19-20-21-22-24-26-28-30-32-34-41(44)52-39(37-50-53(47,48)51-38-40(43)42(45)46)36-49-35-33-31-29-27-25-23-16-14-12-10-8-6-4-2/h12,14,18-19,39-40H,3-11,13,15-17,20-38,43H2,1-2H3,(H,45,46)(H,47,48)/b14-12-,19-18-. The maximum Gasteiger partial charge on any atom is 0.472 e. The number of rotatable bonds is 41. The summed E-state index contributed by atoms with van der Waals surface area (Å²) in [6, 6.07) is -1.47. The lowest BCUT2D eigenvalue weighted by Crippen LogP contribution is -2.34. The smallest absolute Gasteiger partial charge is 0.472 e. The Bertz CT molecular complexity index is 946. The molecule has 11 heteroatoms. The van der Waals surface area contributed by atoms with Crippen LogP contribution in [0.4, 0.5) is 0 Å². The Morgan fingerprint density at radius 2 is 0.981 bits per heavy atom. The number of phosphoric ester groups is 1. The van der Waals surface area contributed by atoms with Crippen LogP contribution in [0.3, 0.4) is 0 Å². The third-order valence-corrected chi connectivity index (χ3v) is 10.2. The first-order valence-electron chi connectivity index (χ1n) is 21.4. The third kappa shape index (κ3) is 38.5. The maximum absolute atomic E-state index is 12.6. The highest BCUT2D eigenvalue weighted by molar-refractivity contribution is 7.47. The minimum Gasteiger partial charge on any atom is -0.480 e.